The number of carbonyl (C=O) groups is 1. The molecule has 1 aromatic carbocycles. The second-order valence-corrected chi connectivity index (χ2v) is 4.82. The summed E-state index contributed by atoms with van der Waals surface area (Å²) in [5.41, 5.74) is 2.05. The van der Waals surface area contributed by atoms with E-state index in [9.17, 15) is 4.79 Å². The Labute approximate surface area is 103 Å². The maximum atomic E-state index is 11.5. The minimum Gasteiger partial charge on any atom is -0.494 e. The average molecular weight is 232 g/mol. The van der Waals surface area contributed by atoms with Gasteiger partial charge in [-0.1, -0.05) is 13.3 Å². The Kier molecular flexibility index (Phi) is 3.82. The summed E-state index contributed by atoms with van der Waals surface area (Å²) in [6, 6.07) is 5.98. The highest BCUT2D eigenvalue weighted by molar-refractivity contribution is 5.94. The molecule has 0 amide bonds. The number of ether oxygens (including phenoxy) is 1. The average Bonchev–Trinajstić information content (AvgIpc) is 3.13. The predicted molar refractivity (Wildman–Crippen MR) is 68.8 cm³/mol. The van der Waals surface area contributed by atoms with E-state index in [0.717, 1.165) is 30.8 Å². The second kappa shape index (κ2) is 5.35. The van der Waals surface area contributed by atoms with Gasteiger partial charge in [-0.15, -0.1) is 0 Å². The van der Waals surface area contributed by atoms with Gasteiger partial charge in [-0.05, 0) is 55.9 Å². The first-order chi connectivity index (χ1) is 8.20. The van der Waals surface area contributed by atoms with Crippen LogP contribution in [0, 0.1) is 0 Å². The lowest BCUT2D eigenvalue weighted by molar-refractivity contribution is 0.101. The molecular weight excluding hydrogens is 212 g/mol. The number of ketones is 1. The molecule has 1 fully saturated rings. The molecule has 92 valence electrons. The van der Waals surface area contributed by atoms with E-state index in [2.05, 4.69) is 13.0 Å². The van der Waals surface area contributed by atoms with Crippen LogP contribution < -0.4 is 4.74 Å². The van der Waals surface area contributed by atoms with Gasteiger partial charge < -0.3 is 4.74 Å². The normalized spacial score (nSPS) is 14.7. The highest BCUT2D eigenvalue weighted by Gasteiger charge is 2.24. The lowest BCUT2D eigenvalue weighted by atomic mass is 10.0. The summed E-state index contributed by atoms with van der Waals surface area (Å²) < 4.78 is 5.70. The summed E-state index contributed by atoms with van der Waals surface area (Å²) in [7, 11) is 0. The third kappa shape index (κ3) is 3.32. The van der Waals surface area contributed by atoms with E-state index in [1.165, 1.54) is 18.4 Å². The molecule has 0 aliphatic heterocycles. The van der Waals surface area contributed by atoms with Crippen LogP contribution in [0.3, 0.4) is 0 Å². The number of hydrogen-bond donors (Lipinski definition) is 0. The van der Waals surface area contributed by atoms with E-state index in [1.807, 2.05) is 12.1 Å². The van der Waals surface area contributed by atoms with Crippen LogP contribution in [0.1, 0.15) is 61.4 Å². The molecule has 2 heteroatoms. The Bertz CT molecular complexity index is 405. The Morgan fingerprint density at radius 1 is 1.35 bits per heavy atom. The smallest absolute Gasteiger partial charge is 0.159 e. The molecule has 1 aromatic rings. The summed E-state index contributed by atoms with van der Waals surface area (Å²) in [6.07, 6.45) is 4.68. The van der Waals surface area contributed by atoms with E-state index < -0.39 is 0 Å². The Morgan fingerprint density at radius 3 is 2.71 bits per heavy atom. The zero-order chi connectivity index (χ0) is 12.3. The maximum Gasteiger partial charge on any atom is 0.159 e. The quantitative estimate of drug-likeness (QED) is 0.548. The fraction of sp³-hybridized carbons (Fsp3) is 0.533. The van der Waals surface area contributed by atoms with Gasteiger partial charge in [-0.3, -0.25) is 4.79 Å². The molecule has 0 atom stereocenters. The molecule has 0 radical (unpaired) electrons. The molecule has 17 heavy (non-hydrogen) atoms. The first-order valence-electron chi connectivity index (χ1n) is 6.49. The van der Waals surface area contributed by atoms with Crippen LogP contribution in [-0.2, 0) is 0 Å². The summed E-state index contributed by atoms with van der Waals surface area (Å²) in [5, 5.41) is 0. The molecule has 1 aliphatic rings. The summed E-state index contributed by atoms with van der Waals surface area (Å²) in [5.74, 6) is 1.63. The van der Waals surface area contributed by atoms with Crippen molar-refractivity contribution in [2.75, 3.05) is 6.61 Å². The molecule has 1 aliphatic carbocycles. The third-order valence-electron chi connectivity index (χ3n) is 3.15. The Balaban J connectivity index is 2.15. The topological polar surface area (TPSA) is 26.3 Å². The number of Topliss-reactive ketones (excluding diaryl/α,β-unsaturated/α-hetero) is 1. The number of rotatable bonds is 6. The molecule has 0 aromatic heterocycles. The number of unbranched alkanes of at least 4 members (excludes halogenated alkanes) is 1. The largest absolute Gasteiger partial charge is 0.494 e. The molecule has 0 bridgehead atoms. The van der Waals surface area contributed by atoms with E-state index in [4.69, 9.17) is 4.74 Å². The lowest BCUT2D eigenvalue weighted by Gasteiger charge is -2.09. The predicted octanol–water partition coefficient (Wildman–Crippen LogP) is 3.95. The van der Waals surface area contributed by atoms with Crippen molar-refractivity contribution >= 4 is 5.78 Å². The number of benzene rings is 1. The molecule has 0 unspecified atom stereocenters. The lowest BCUT2D eigenvalue weighted by Crippen LogP contribution is -2.00. The van der Waals surface area contributed by atoms with Gasteiger partial charge in [-0.2, -0.15) is 0 Å². The molecule has 0 N–H and O–H groups in total. The van der Waals surface area contributed by atoms with Crippen LogP contribution in [-0.4, -0.2) is 12.4 Å². The zero-order valence-corrected chi connectivity index (χ0v) is 10.7. The SMILES string of the molecule is CCCCOc1cc(C(C)=O)cc(C2CC2)c1. The van der Waals surface area contributed by atoms with Gasteiger partial charge >= 0.3 is 0 Å². The molecule has 2 rings (SSSR count). The van der Waals surface area contributed by atoms with Gasteiger partial charge in [0.05, 0.1) is 6.61 Å². The van der Waals surface area contributed by atoms with Crippen LogP contribution in [0.15, 0.2) is 18.2 Å². The van der Waals surface area contributed by atoms with Gasteiger partial charge in [-0.25, -0.2) is 0 Å². The van der Waals surface area contributed by atoms with Gasteiger partial charge in [0.2, 0.25) is 0 Å². The third-order valence-corrected chi connectivity index (χ3v) is 3.15. The first-order valence-corrected chi connectivity index (χ1v) is 6.49. The van der Waals surface area contributed by atoms with Crippen molar-refractivity contribution in [2.24, 2.45) is 0 Å². The first kappa shape index (κ1) is 12.2. The van der Waals surface area contributed by atoms with Crippen LogP contribution in [0.2, 0.25) is 0 Å². The van der Waals surface area contributed by atoms with Crippen LogP contribution in [0.4, 0.5) is 0 Å². The Hall–Kier alpha value is -1.31. The van der Waals surface area contributed by atoms with E-state index in [-0.39, 0.29) is 5.78 Å². The molecular formula is C15H20O2. The fourth-order valence-corrected chi connectivity index (χ4v) is 1.90. The highest BCUT2D eigenvalue weighted by atomic mass is 16.5. The molecule has 0 heterocycles. The van der Waals surface area contributed by atoms with Crippen molar-refractivity contribution in [2.45, 2.75) is 45.4 Å². The standard InChI is InChI=1S/C15H20O2/c1-3-4-7-17-15-9-13(11(2)16)8-14(10-15)12-5-6-12/h8-10,12H,3-7H2,1-2H3. The fourth-order valence-electron chi connectivity index (χ4n) is 1.90. The second-order valence-electron chi connectivity index (χ2n) is 4.82. The van der Waals surface area contributed by atoms with Crippen molar-refractivity contribution in [3.8, 4) is 5.75 Å². The van der Waals surface area contributed by atoms with E-state index in [1.54, 1.807) is 6.92 Å². The van der Waals surface area contributed by atoms with Gasteiger partial charge in [0.1, 0.15) is 5.75 Å². The minimum absolute atomic E-state index is 0.118. The van der Waals surface area contributed by atoms with Crippen molar-refractivity contribution in [1.82, 2.24) is 0 Å². The van der Waals surface area contributed by atoms with Crippen LogP contribution in [0.25, 0.3) is 0 Å². The Morgan fingerprint density at radius 2 is 2.12 bits per heavy atom. The number of hydrogen-bond acceptors (Lipinski definition) is 2. The van der Waals surface area contributed by atoms with Gasteiger partial charge in [0.15, 0.2) is 5.78 Å². The van der Waals surface area contributed by atoms with E-state index in [0.29, 0.717) is 5.92 Å². The summed E-state index contributed by atoms with van der Waals surface area (Å²) in [6.45, 7) is 4.49. The van der Waals surface area contributed by atoms with Crippen LogP contribution in [0.5, 0.6) is 5.75 Å². The molecule has 0 saturated heterocycles. The maximum absolute atomic E-state index is 11.5. The van der Waals surface area contributed by atoms with Crippen LogP contribution >= 0.6 is 0 Å². The highest BCUT2D eigenvalue weighted by Crippen LogP contribution is 2.41. The molecule has 1 saturated carbocycles. The van der Waals surface area contributed by atoms with Crippen molar-refractivity contribution < 1.29 is 9.53 Å². The van der Waals surface area contributed by atoms with Gasteiger partial charge in [0.25, 0.3) is 0 Å². The van der Waals surface area contributed by atoms with E-state index >= 15 is 0 Å². The van der Waals surface area contributed by atoms with Gasteiger partial charge in [0, 0.05) is 5.56 Å². The zero-order valence-electron chi connectivity index (χ0n) is 10.7. The summed E-state index contributed by atoms with van der Waals surface area (Å²) in [4.78, 5) is 11.5. The van der Waals surface area contributed by atoms with Crippen molar-refractivity contribution in [3.05, 3.63) is 29.3 Å². The molecule has 2 nitrogen and oxygen atoms in total. The van der Waals surface area contributed by atoms with Crippen molar-refractivity contribution in [1.29, 1.82) is 0 Å². The summed E-state index contributed by atoms with van der Waals surface area (Å²) >= 11 is 0. The minimum atomic E-state index is 0.118. The molecule has 0 spiro atoms. The number of carbonyl (C=O) groups excluding carboxylic acids is 1. The monoisotopic (exact) mass is 232 g/mol. The van der Waals surface area contributed by atoms with Crippen molar-refractivity contribution in [3.63, 3.8) is 0 Å².